The van der Waals surface area contributed by atoms with Gasteiger partial charge in [0.25, 0.3) is 0 Å². The third-order valence-corrected chi connectivity index (χ3v) is 4.15. The van der Waals surface area contributed by atoms with Crippen molar-refractivity contribution in [2.45, 2.75) is 38.6 Å². The monoisotopic (exact) mass is 209 g/mol. The molecule has 0 spiro atoms. The molecular weight excluding hydrogens is 186 g/mol. The van der Waals surface area contributed by atoms with Crippen molar-refractivity contribution in [1.82, 2.24) is 0 Å². The summed E-state index contributed by atoms with van der Waals surface area (Å²) in [6, 6.07) is 0.473. The maximum absolute atomic E-state index is 6.24. The van der Waals surface area contributed by atoms with E-state index in [-0.39, 0.29) is 0 Å². The minimum absolute atomic E-state index is 0.473. The lowest BCUT2D eigenvalue weighted by atomic mass is 9.83. The van der Waals surface area contributed by atoms with Crippen LogP contribution in [0.4, 0.5) is 0 Å². The first-order valence-corrected chi connectivity index (χ1v) is 6.31. The van der Waals surface area contributed by atoms with Crippen LogP contribution < -0.4 is 5.73 Å². The average Bonchev–Trinajstić information content (AvgIpc) is 2.80. The molecule has 2 aliphatic carbocycles. The molecule has 2 bridgehead atoms. The van der Waals surface area contributed by atoms with Crippen LogP contribution in [0.25, 0.3) is 0 Å². The lowest BCUT2D eigenvalue weighted by Gasteiger charge is -2.26. The molecule has 2 rings (SSSR count). The van der Waals surface area contributed by atoms with Crippen molar-refractivity contribution in [3.63, 3.8) is 0 Å². The fourth-order valence-corrected chi connectivity index (χ4v) is 3.31. The number of nitrogens with two attached hydrogens (primary N) is 1. The fraction of sp³-hybridized carbons (Fsp3) is 0.846. The summed E-state index contributed by atoms with van der Waals surface area (Å²) in [7, 11) is 0. The van der Waals surface area contributed by atoms with Crippen LogP contribution in [0, 0.1) is 17.8 Å². The lowest BCUT2D eigenvalue weighted by Crippen LogP contribution is -2.35. The first-order chi connectivity index (χ1) is 7.33. The maximum Gasteiger partial charge on any atom is 0.0647 e. The zero-order valence-corrected chi connectivity index (χ0v) is 9.69. The van der Waals surface area contributed by atoms with Gasteiger partial charge in [0, 0.05) is 12.6 Å². The Hall–Kier alpha value is -0.340. The van der Waals surface area contributed by atoms with Crippen molar-refractivity contribution in [3.05, 3.63) is 12.2 Å². The third kappa shape index (κ3) is 2.43. The zero-order valence-electron chi connectivity index (χ0n) is 9.69. The summed E-state index contributed by atoms with van der Waals surface area (Å²) < 4.78 is 5.27. The molecule has 0 amide bonds. The van der Waals surface area contributed by atoms with Crippen LogP contribution in [0.2, 0.25) is 0 Å². The van der Waals surface area contributed by atoms with Crippen LogP contribution in [-0.2, 0) is 4.74 Å². The standard InChI is InChI=1S/C13H23NO/c1-2-15-8-4-3-5-12-10-6-7-11(9-10)13(12)14/h3-4,10-13H,2,5-9,14H2,1H3/b4-3-/t10-,11+,12-,13-/m0/s1. The highest BCUT2D eigenvalue weighted by atomic mass is 16.5. The van der Waals surface area contributed by atoms with Crippen molar-refractivity contribution in [3.8, 4) is 0 Å². The Balaban J connectivity index is 1.73. The predicted molar refractivity (Wildman–Crippen MR) is 62.5 cm³/mol. The van der Waals surface area contributed by atoms with Crippen LogP contribution in [0.15, 0.2) is 12.2 Å². The van der Waals surface area contributed by atoms with E-state index in [1.165, 1.54) is 19.3 Å². The van der Waals surface area contributed by atoms with E-state index in [0.29, 0.717) is 6.04 Å². The molecule has 2 aliphatic rings. The molecule has 0 unspecified atom stereocenters. The summed E-state index contributed by atoms with van der Waals surface area (Å²) in [6.45, 7) is 3.59. The highest BCUT2D eigenvalue weighted by molar-refractivity contribution is 5.01. The van der Waals surface area contributed by atoms with E-state index in [1.807, 2.05) is 6.92 Å². The molecule has 4 atom stereocenters. The van der Waals surface area contributed by atoms with Crippen molar-refractivity contribution >= 4 is 0 Å². The van der Waals surface area contributed by atoms with Gasteiger partial charge in [-0.2, -0.15) is 0 Å². The molecule has 86 valence electrons. The summed E-state index contributed by atoms with van der Waals surface area (Å²) in [5.74, 6) is 2.50. The second kappa shape index (κ2) is 5.13. The van der Waals surface area contributed by atoms with E-state index >= 15 is 0 Å². The molecule has 0 radical (unpaired) electrons. The Bertz CT molecular complexity index is 225. The number of rotatable bonds is 5. The molecular formula is C13H23NO. The topological polar surface area (TPSA) is 35.2 Å². The van der Waals surface area contributed by atoms with Crippen LogP contribution >= 0.6 is 0 Å². The van der Waals surface area contributed by atoms with Gasteiger partial charge in [0.05, 0.1) is 6.61 Å². The van der Waals surface area contributed by atoms with Crippen LogP contribution in [-0.4, -0.2) is 19.3 Å². The quantitative estimate of drug-likeness (QED) is 0.557. The van der Waals surface area contributed by atoms with Crippen molar-refractivity contribution in [1.29, 1.82) is 0 Å². The van der Waals surface area contributed by atoms with Crippen molar-refractivity contribution in [2.24, 2.45) is 23.5 Å². The van der Waals surface area contributed by atoms with Crippen LogP contribution in [0.3, 0.4) is 0 Å². The molecule has 2 nitrogen and oxygen atoms in total. The number of hydrogen-bond acceptors (Lipinski definition) is 2. The van der Waals surface area contributed by atoms with E-state index in [1.54, 1.807) is 0 Å². The molecule has 0 aromatic rings. The average molecular weight is 209 g/mol. The van der Waals surface area contributed by atoms with Crippen molar-refractivity contribution in [2.75, 3.05) is 13.2 Å². The fourth-order valence-electron chi connectivity index (χ4n) is 3.31. The summed E-state index contributed by atoms with van der Waals surface area (Å²) in [4.78, 5) is 0. The molecule has 0 aromatic heterocycles. The molecule has 2 heteroatoms. The normalized spacial score (nSPS) is 39.3. The minimum atomic E-state index is 0.473. The van der Waals surface area contributed by atoms with Gasteiger partial charge < -0.3 is 10.5 Å². The predicted octanol–water partition coefficient (Wildman–Crippen LogP) is 2.34. The van der Waals surface area contributed by atoms with E-state index in [0.717, 1.165) is 37.4 Å². The molecule has 2 saturated carbocycles. The number of allylic oxidation sites excluding steroid dienone is 1. The molecule has 15 heavy (non-hydrogen) atoms. The van der Waals surface area contributed by atoms with Gasteiger partial charge in [-0.15, -0.1) is 0 Å². The van der Waals surface area contributed by atoms with Gasteiger partial charge in [-0.25, -0.2) is 0 Å². The first kappa shape index (κ1) is 11.2. The molecule has 2 N–H and O–H groups in total. The largest absolute Gasteiger partial charge is 0.378 e. The smallest absolute Gasteiger partial charge is 0.0647 e. The Morgan fingerprint density at radius 3 is 2.73 bits per heavy atom. The Kier molecular flexibility index (Phi) is 3.81. The van der Waals surface area contributed by atoms with Crippen LogP contribution in [0.1, 0.15) is 32.6 Å². The first-order valence-electron chi connectivity index (χ1n) is 6.31. The van der Waals surface area contributed by atoms with Crippen LogP contribution in [0.5, 0.6) is 0 Å². The number of ether oxygens (including phenoxy) is 1. The molecule has 0 saturated heterocycles. The summed E-state index contributed by atoms with van der Waals surface area (Å²) >= 11 is 0. The molecule has 2 fully saturated rings. The van der Waals surface area contributed by atoms with Gasteiger partial charge in [-0.3, -0.25) is 0 Å². The van der Waals surface area contributed by atoms with Gasteiger partial charge in [-0.05, 0) is 50.4 Å². The van der Waals surface area contributed by atoms with Crippen molar-refractivity contribution < 1.29 is 4.74 Å². The SMILES string of the molecule is CCOC/C=C\C[C@H]1[C@H]2CC[C@H](C2)[C@@H]1N. The summed E-state index contributed by atoms with van der Waals surface area (Å²) in [5, 5.41) is 0. The van der Waals surface area contributed by atoms with Gasteiger partial charge in [0.2, 0.25) is 0 Å². The van der Waals surface area contributed by atoms with E-state index < -0.39 is 0 Å². The highest BCUT2D eigenvalue weighted by Crippen LogP contribution is 2.48. The highest BCUT2D eigenvalue weighted by Gasteiger charge is 2.44. The van der Waals surface area contributed by atoms with E-state index in [4.69, 9.17) is 10.5 Å². The molecule has 0 aromatic carbocycles. The number of hydrogen-bond donors (Lipinski definition) is 1. The van der Waals surface area contributed by atoms with E-state index in [9.17, 15) is 0 Å². The van der Waals surface area contributed by atoms with Gasteiger partial charge in [0.15, 0.2) is 0 Å². The Morgan fingerprint density at radius 1 is 1.27 bits per heavy atom. The second-order valence-electron chi connectivity index (χ2n) is 4.94. The summed E-state index contributed by atoms with van der Waals surface area (Å²) in [6.07, 6.45) is 9.76. The van der Waals surface area contributed by atoms with Gasteiger partial charge >= 0.3 is 0 Å². The number of fused-ring (bicyclic) bond motifs is 2. The second-order valence-corrected chi connectivity index (χ2v) is 4.94. The molecule has 0 aliphatic heterocycles. The zero-order chi connectivity index (χ0) is 10.7. The van der Waals surface area contributed by atoms with Gasteiger partial charge in [-0.1, -0.05) is 12.2 Å². The minimum Gasteiger partial charge on any atom is -0.378 e. The van der Waals surface area contributed by atoms with E-state index in [2.05, 4.69) is 12.2 Å². The maximum atomic E-state index is 6.24. The van der Waals surface area contributed by atoms with Gasteiger partial charge in [0.1, 0.15) is 0 Å². The lowest BCUT2D eigenvalue weighted by molar-refractivity contribution is 0.177. The Labute approximate surface area is 92.9 Å². The molecule has 0 heterocycles. The summed E-state index contributed by atoms with van der Waals surface area (Å²) in [5.41, 5.74) is 6.24. The third-order valence-electron chi connectivity index (χ3n) is 4.15. The Morgan fingerprint density at radius 2 is 2.07 bits per heavy atom.